The molecule has 0 N–H and O–H groups in total. The molecule has 0 aromatic heterocycles. The Morgan fingerprint density at radius 3 is 2.62 bits per heavy atom. The van der Waals surface area contributed by atoms with Crippen LogP contribution in [0.25, 0.3) is 6.08 Å². The van der Waals surface area contributed by atoms with Gasteiger partial charge in [-0.05, 0) is 18.7 Å². The number of Topliss-reactive ketones (excluding diaryl/α,β-unsaturated/α-hetero) is 1. The van der Waals surface area contributed by atoms with E-state index in [1.165, 1.54) is 6.07 Å². The third kappa shape index (κ3) is 5.02. The SMILES string of the molecule is CCCCCC(=O)c1cccc([N+](=O)[O-])c1C=CN(C)C. The lowest BCUT2D eigenvalue weighted by Gasteiger charge is -2.08. The highest BCUT2D eigenvalue weighted by atomic mass is 16.6. The lowest BCUT2D eigenvalue weighted by atomic mass is 9.98. The van der Waals surface area contributed by atoms with Crippen molar-refractivity contribution in [3.8, 4) is 0 Å². The van der Waals surface area contributed by atoms with Gasteiger partial charge in [0.2, 0.25) is 0 Å². The Kier molecular flexibility index (Phi) is 6.59. The third-order valence-corrected chi connectivity index (χ3v) is 3.13. The van der Waals surface area contributed by atoms with E-state index in [4.69, 9.17) is 0 Å². The normalized spacial score (nSPS) is 10.8. The Morgan fingerprint density at radius 2 is 2.05 bits per heavy atom. The summed E-state index contributed by atoms with van der Waals surface area (Å²) in [6.07, 6.45) is 6.61. The maximum atomic E-state index is 12.3. The van der Waals surface area contributed by atoms with Crippen LogP contribution in [0.1, 0.15) is 48.5 Å². The van der Waals surface area contributed by atoms with Gasteiger partial charge in [-0.15, -0.1) is 0 Å². The molecule has 0 spiro atoms. The highest BCUT2D eigenvalue weighted by molar-refractivity contribution is 6.00. The van der Waals surface area contributed by atoms with Gasteiger partial charge in [0.05, 0.1) is 10.5 Å². The smallest absolute Gasteiger partial charge is 0.277 e. The second kappa shape index (κ2) is 8.19. The van der Waals surface area contributed by atoms with Gasteiger partial charge in [0, 0.05) is 32.1 Å². The number of hydrogen-bond donors (Lipinski definition) is 0. The van der Waals surface area contributed by atoms with E-state index in [9.17, 15) is 14.9 Å². The van der Waals surface area contributed by atoms with Crippen molar-refractivity contribution < 1.29 is 9.72 Å². The van der Waals surface area contributed by atoms with Gasteiger partial charge in [-0.25, -0.2) is 0 Å². The number of carbonyl (C=O) groups excluding carboxylic acids is 1. The van der Waals surface area contributed by atoms with E-state index < -0.39 is 4.92 Å². The number of nitro groups is 1. The van der Waals surface area contributed by atoms with E-state index in [0.29, 0.717) is 17.5 Å². The van der Waals surface area contributed by atoms with Crippen molar-refractivity contribution in [2.24, 2.45) is 0 Å². The van der Waals surface area contributed by atoms with Gasteiger partial charge in [-0.2, -0.15) is 0 Å². The fourth-order valence-corrected chi connectivity index (χ4v) is 2.02. The van der Waals surface area contributed by atoms with Crippen molar-refractivity contribution in [1.82, 2.24) is 4.90 Å². The second-order valence-electron chi connectivity index (χ2n) is 5.16. The first-order valence-electron chi connectivity index (χ1n) is 7.12. The number of benzene rings is 1. The maximum absolute atomic E-state index is 12.3. The van der Waals surface area contributed by atoms with E-state index in [-0.39, 0.29) is 11.5 Å². The third-order valence-electron chi connectivity index (χ3n) is 3.13. The number of nitro benzene ring substituents is 1. The summed E-state index contributed by atoms with van der Waals surface area (Å²) in [5.41, 5.74) is 0.783. The number of ketones is 1. The first-order valence-corrected chi connectivity index (χ1v) is 7.12. The van der Waals surface area contributed by atoms with E-state index in [1.807, 2.05) is 14.1 Å². The van der Waals surface area contributed by atoms with Gasteiger partial charge in [-0.3, -0.25) is 14.9 Å². The Hall–Kier alpha value is -2.17. The molecule has 1 aromatic carbocycles. The molecular weight excluding hydrogens is 268 g/mol. The molecule has 1 aromatic rings. The summed E-state index contributed by atoms with van der Waals surface area (Å²) < 4.78 is 0. The molecule has 0 unspecified atom stereocenters. The lowest BCUT2D eigenvalue weighted by molar-refractivity contribution is -0.385. The maximum Gasteiger partial charge on any atom is 0.277 e. The van der Waals surface area contributed by atoms with Gasteiger partial charge in [0.15, 0.2) is 5.78 Å². The molecule has 0 saturated heterocycles. The minimum atomic E-state index is -0.446. The predicted octanol–water partition coefficient (Wildman–Crippen LogP) is 3.89. The summed E-state index contributed by atoms with van der Waals surface area (Å²) in [7, 11) is 3.65. The molecule has 0 radical (unpaired) electrons. The van der Waals surface area contributed by atoms with Crippen LogP contribution in [0.15, 0.2) is 24.4 Å². The average Bonchev–Trinajstić information content (AvgIpc) is 2.44. The molecule has 0 aliphatic carbocycles. The Bertz CT molecular complexity index is 536. The molecular formula is C16H22N2O3. The van der Waals surface area contributed by atoms with Crippen LogP contribution in [0.2, 0.25) is 0 Å². The van der Waals surface area contributed by atoms with Crippen LogP contribution in [-0.2, 0) is 0 Å². The minimum Gasteiger partial charge on any atom is -0.383 e. The molecule has 0 heterocycles. The van der Waals surface area contributed by atoms with Gasteiger partial charge < -0.3 is 4.90 Å². The van der Waals surface area contributed by atoms with Crippen molar-refractivity contribution >= 4 is 17.5 Å². The lowest BCUT2D eigenvalue weighted by Crippen LogP contribution is -2.06. The first-order chi connectivity index (χ1) is 9.97. The van der Waals surface area contributed by atoms with Crippen LogP contribution in [0.5, 0.6) is 0 Å². The van der Waals surface area contributed by atoms with E-state index in [1.54, 1.807) is 29.3 Å². The monoisotopic (exact) mass is 290 g/mol. The molecule has 5 heteroatoms. The summed E-state index contributed by atoms with van der Waals surface area (Å²) in [6, 6.07) is 4.66. The molecule has 0 atom stereocenters. The van der Waals surface area contributed by atoms with E-state index >= 15 is 0 Å². The fraction of sp³-hybridized carbons (Fsp3) is 0.438. The van der Waals surface area contributed by atoms with Crippen LogP contribution in [0, 0.1) is 10.1 Å². The zero-order chi connectivity index (χ0) is 15.8. The zero-order valence-electron chi connectivity index (χ0n) is 12.8. The van der Waals surface area contributed by atoms with Crippen molar-refractivity contribution in [2.75, 3.05) is 14.1 Å². The van der Waals surface area contributed by atoms with Crippen LogP contribution in [-0.4, -0.2) is 29.7 Å². The predicted molar refractivity (Wildman–Crippen MR) is 84.3 cm³/mol. The van der Waals surface area contributed by atoms with Gasteiger partial charge in [0.25, 0.3) is 5.69 Å². The summed E-state index contributed by atoms with van der Waals surface area (Å²) in [5, 5.41) is 11.1. The summed E-state index contributed by atoms with van der Waals surface area (Å²) in [4.78, 5) is 24.8. The molecule has 1 rings (SSSR count). The van der Waals surface area contributed by atoms with Crippen LogP contribution >= 0.6 is 0 Å². The molecule has 0 fully saturated rings. The highest BCUT2D eigenvalue weighted by Gasteiger charge is 2.19. The minimum absolute atomic E-state index is 0.0329. The van der Waals surface area contributed by atoms with Crippen LogP contribution in [0.4, 0.5) is 5.69 Å². The van der Waals surface area contributed by atoms with Gasteiger partial charge >= 0.3 is 0 Å². The Labute approximate surface area is 125 Å². The van der Waals surface area contributed by atoms with Crippen molar-refractivity contribution in [3.05, 3.63) is 45.6 Å². The van der Waals surface area contributed by atoms with E-state index in [2.05, 4.69) is 6.92 Å². The molecule has 0 saturated carbocycles. The largest absolute Gasteiger partial charge is 0.383 e. The highest BCUT2D eigenvalue weighted by Crippen LogP contribution is 2.25. The fourth-order valence-electron chi connectivity index (χ4n) is 2.02. The van der Waals surface area contributed by atoms with Gasteiger partial charge in [0.1, 0.15) is 0 Å². The van der Waals surface area contributed by atoms with Crippen molar-refractivity contribution in [1.29, 1.82) is 0 Å². The molecule has 21 heavy (non-hydrogen) atoms. The molecule has 0 bridgehead atoms. The topological polar surface area (TPSA) is 63.4 Å². The number of hydrogen-bond acceptors (Lipinski definition) is 4. The number of nitrogens with zero attached hydrogens (tertiary/aromatic N) is 2. The van der Waals surface area contributed by atoms with Crippen LogP contribution in [0.3, 0.4) is 0 Å². The summed E-state index contributed by atoms with van der Waals surface area (Å²) in [5.74, 6) is -0.0365. The molecule has 5 nitrogen and oxygen atoms in total. The average molecular weight is 290 g/mol. The molecule has 114 valence electrons. The first kappa shape index (κ1) is 16.9. The van der Waals surface area contributed by atoms with Crippen molar-refractivity contribution in [2.45, 2.75) is 32.6 Å². The van der Waals surface area contributed by atoms with Crippen molar-refractivity contribution in [3.63, 3.8) is 0 Å². The molecule has 0 aliphatic rings. The second-order valence-corrected chi connectivity index (χ2v) is 5.16. The number of carbonyl (C=O) groups is 1. The van der Waals surface area contributed by atoms with Gasteiger partial charge in [-0.1, -0.05) is 31.9 Å². The zero-order valence-corrected chi connectivity index (χ0v) is 12.8. The summed E-state index contributed by atoms with van der Waals surface area (Å²) in [6.45, 7) is 2.07. The summed E-state index contributed by atoms with van der Waals surface area (Å²) >= 11 is 0. The molecule has 0 amide bonds. The molecule has 0 aliphatic heterocycles. The van der Waals surface area contributed by atoms with E-state index in [0.717, 1.165) is 19.3 Å². The number of rotatable bonds is 8. The Morgan fingerprint density at radius 1 is 1.33 bits per heavy atom. The Balaban J connectivity index is 3.15. The standard InChI is InChI=1S/C16H22N2O3/c1-4-5-6-10-16(19)14-8-7-9-15(18(20)21)13(14)11-12-17(2)3/h7-9,11-12H,4-6,10H2,1-3H3. The number of unbranched alkanes of at least 4 members (excludes halogenated alkanes) is 2. The van der Waals surface area contributed by atoms with Crippen LogP contribution < -0.4 is 0 Å². The quantitative estimate of drug-likeness (QED) is 0.315.